The van der Waals surface area contributed by atoms with E-state index in [4.69, 9.17) is 10.5 Å². The molecule has 0 fully saturated rings. The predicted octanol–water partition coefficient (Wildman–Crippen LogP) is 3.41. The molecule has 0 aromatic heterocycles. The van der Waals surface area contributed by atoms with Crippen molar-refractivity contribution in [2.45, 2.75) is 32.6 Å². The summed E-state index contributed by atoms with van der Waals surface area (Å²) in [6.45, 7) is 3.33. The first kappa shape index (κ1) is 13.3. The van der Waals surface area contributed by atoms with Crippen LogP contribution in [0.25, 0.3) is 0 Å². The van der Waals surface area contributed by atoms with Crippen LogP contribution in [0.1, 0.15) is 33.9 Å². The van der Waals surface area contributed by atoms with Crippen LogP contribution in [0.2, 0.25) is 0 Å². The molecule has 2 aromatic carbocycles. The maximum absolute atomic E-state index is 13.3. The SMILES string of the molecule is Cc1ccc(F)cc1CC(N)c1ccc2c(c1)COC2. The molecule has 2 N–H and O–H groups in total. The van der Waals surface area contributed by atoms with Crippen molar-refractivity contribution in [2.75, 3.05) is 0 Å². The maximum atomic E-state index is 13.3. The molecule has 0 amide bonds. The van der Waals surface area contributed by atoms with Crippen LogP contribution in [-0.4, -0.2) is 0 Å². The van der Waals surface area contributed by atoms with Crippen LogP contribution in [-0.2, 0) is 24.4 Å². The fourth-order valence-corrected chi connectivity index (χ4v) is 2.64. The van der Waals surface area contributed by atoms with Gasteiger partial charge < -0.3 is 10.5 Å². The van der Waals surface area contributed by atoms with Gasteiger partial charge in [-0.2, -0.15) is 0 Å². The normalized spacial score (nSPS) is 15.2. The number of halogens is 1. The van der Waals surface area contributed by atoms with Crippen LogP contribution in [0.4, 0.5) is 4.39 Å². The Morgan fingerprint density at radius 3 is 2.80 bits per heavy atom. The molecule has 0 radical (unpaired) electrons. The van der Waals surface area contributed by atoms with Crippen LogP contribution < -0.4 is 5.73 Å². The number of hydrogen-bond acceptors (Lipinski definition) is 2. The van der Waals surface area contributed by atoms with Crippen LogP contribution in [0.5, 0.6) is 0 Å². The molecule has 1 unspecified atom stereocenters. The third-order valence-electron chi connectivity index (χ3n) is 3.92. The molecule has 2 nitrogen and oxygen atoms in total. The Bertz CT molecular complexity index is 639. The first-order chi connectivity index (χ1) is 9.63. The Morgan fingerprint density at radius 1 is 1.15 bits per heavy atom. The first-order valence-corrected chi connectivity index (χ1v) is 6.83. The lowest BCUT2D eigenvalue weighted by molar-refractivity contribution is 0.134. The zero-order valence-corrected chi connectivity index (χ0v) is 11.5. The van der Waals surface area contributed by atoms with Gasteiger partial charge in [-0.25, -0.2) is 4.39 Å². The van der Waals surface area contributed by atoms with Crippen molar-refractivity contribution in [3.63, 3.8) is 0 Å². The van der Waals surface area contributed by atoms with Gasteiger partial charge >= 0.3 is 0 Å². The van der Waals surface area contributed by atoms with E-state index in [1.165, 1.54) is 17.2 Å². The highest BCUT2D eigenvalue weighted by Crippen LogP contribution is 2.25. The second-order valence-electron chi connectivity index (χ2n) is 5.40. The molecule has 3 rings (SSSR count). The van der Waals surface area contributed by atoms with Gasteiger partial charge in [-0.3, -0.25) is 0 Å². The molecule has 0 saturated carbocycles. The van der Waals surface area contributed by atoms with Crippen molar-refractivity contribution in [2.24, 2.45) is 5.73 Å². The van der Waals surface area contributed by atoms with Gasteiger partial charge in [0.05, 0.1) is 13.2 Å². The van der Waals surface area contributed by atoms with E-state index in [1.54, 1.807) is 12.1 Å². The van der Waals surface area contributed by atoms with Crippen molar-refractivity contribution in [1.82, 2.24) is 0 Å². The zero-order chi connectivity index (χ0) is 14.1. The minimum Gasteiger partial charge on any atom is -0.372 e. The van der Waals surface area contributed by atoms with E-state index in [-0.39, 0.29) is 11.9 Å². The average molecular weight is 271 g/mol. The topological polar surface area (TPSA) is 35.2 Å². The molecule has 1 aliphatic heterocycles. The van der Waals surface area contributed by atoms with Gasteiger partial charge in [0.15, 0.2) is 0 Å². The summed E-state index contributed by atoms with van der Waals surface area (Å²) in [5.74, 6) is -0.208. The molecular formula is C17H18FNO. The number of ether oxygens (including phenoxy) is 1. The molecule has 3 heteroatoms. The van der Waals surface area contributed by atoms with Crippen molar-refractivity contribution >= 4 is 0 Å². The molecule has 0 aliphatic carbocycles. The second-order valence-corrected chi connectivity index (χ2v) is 5.40. The maximum Gasteiger partial charge on any atom is 0.123 e. The average Bonchev–Trinajstić information content (AvgIpc) is 2.90. The minimum atomic E-state index is -0.208. The third kappa shape index (κ3) is 2.60. The van der Waals surface area contributed by atoms with E-state index in [1.807, 2.05) is 13.0 Å². The van der Waals surface area contributed by atoms with Gasteiger partial charge in [-0.05, 0) is 53.3 Å². The highest BCUT2D eigenvalue weighted by Gasteiger charge is 2.15. The van der Waals surface area contributed by atoms with Crippen molar-refractivity contribution < 1.29 is 9.13 Å². The molecule has 2 aromatic rings. The highest BCUT2D eigenvalue weighted by molar-refractivity contribution is 5.36. The van der Waals surface area contributed by atoms with E-state index in [0.29, 0.717) is 19.6 Å². The van der Waals surface area contributed by atoms with E-state index in [0.717, 1.165) is 16.7 Å². The number of rotatable bonds is 3. The Morgan fingerprint density at radius 2 is 1.95 bits per heavy atom. The quantitative estimate of drug-likeness (QED) is 0.928. The Labute approximate surface area is 118 Å². The summed E-state index contributed by atoms with van der Waals surface area (Å²) < 4.78 is 18.7. The molecule has 104 valence electrons. The van der Waals surface area contributed by atoms with Crippen LogP contribution in [0, 0.1) is 12.7 Å². The molecule has 0 spiro atoms. The minimum absolute atomic E-state index is 0.124. The summed E-state index contributed by atoms with van der Waals surface area (Å²) in [6.07, 6.45) is 0.642. The number of benzene rings is 2. The van der Waals surface area contributed by atoms with Gasteiger partial charge in [0, 0.05) is 6.04 Å². The van der Waals surface area contributed by atoms with Gasteiger partial charge in [0.1, 0.15) is 5.82 Å². The van der Waals surface area contributed by atoms with Crippen molar-refractivity contribution in [1.29, 1.82) is 0 Å². The fraction of sp³-hybridized carbons (Fsp3) is 0.294. The molecule has 1 aliphatic rings. The van der Waals surface area contributed by atoms with Gasteiger partial charge in [0.2, 0.25) is 0 Å². The lowest BCUT2D eigenvalue weighted by Gasteiger charge is -2.15. The summed E-state index contributed by atoms with van der Waals surface area (Å²) in [7, 11) is 0. The second kappa shape index (κ2) is 5.35. The molecule has 0 bridgehead atoms. The Hall–Kier alpha value is -1.71. The van der Waals surface area contributed by atoms with E-state index in [9.17, 15) is 4.39 Å². The summed E-state index contributed by atoms with van der Waals surface area (Å²) in [4.78, 5) is 0. The zero-order valence-electron chi connectivity index (χ0n) is 11.5. The van der Waals surface area contributed by atoms with Crippen molar-refractivity contribution in [3.8, 4) is 0 Å². The smallest absolute Gasteiger partial charge is 0.123 e. The lowest BCUT2D eigenvalue weighted by Crippen LogP contribution is -2.14. The monoisotopic (exact) mass is 271 g/mol. The predicted molar refractivity (Wildman–Crippen MR) is 76.7 cm³/mol. The Balaban J connectivity index is 1.82. The highest BCUT2D eigenvalue weighted by atomic mass is 19.1. The van der Waals surface area contributed by atoms with Crippen LogP contribution in [0.15, 0.2) is 36.4 Å². The van der Waals surface area contributed by atoms with Gasteiger partial charge in [-0.1, -0.05) is 24.3 Å². The lowest BCUT2D eigenvalue weighted by atomic mass is 9.95. The molecule has 1 heterocycles. The van der Waals surface area contributed by atoms with Crippen LogP contribution >= 0.6 is 0 Å². The Kier molecular flexibility index (Phi) is 3.55. The summed E-state index contributed by atoms with van der Waals surface area (Å²) >= 11 is 0. The van der Waals surface area contributed by atoms with Crippen LogP contribution in [0.3, 0.4) is 0 Å². The number of hydrogen-bond donors (Lipinski definition) is 1. The fourth-order valence-electron chi connectivity index (χ4n) is 2.64. The molecule has 0 saturated heterocycles. The van der Waals surface area contributed by atoms with Gasteiger partial charge in [0.25, 0.3) is 0 Å². The van der Waals surface area contributed by atoms with E-state index >= 15 is 0 Å². The van der Waals surface area contributed by atoms with Crippen molar-refractivity contribution in [3.05, 3.63) is 70.0 Å². The number of fused-ring (bicyclic) bond motifs is 1. The summed E-state index contributed by atoms with van der Waals surface area (Å²) in [5, 5.41) is 0. The summed E-state index contributed by atoms with van der Waals surface area (Å²) in [5.41, 5.74) is 11.9. The third-order valence-corrected chi connectivity index (χ3v) is 3.92. The standard InChI is InChI=1S/C17H18FNO/c1-11-2-5-16(18)7-14(11)8-17(19)12-3-4-13-9-20-10-15(13)6-12/h2-7,17H,8-10,19H2,1H3. The molecule has 1 atom stereocenters. The number of aryl methyl sites for hydroxylation is 1. The largest absolute Gasteiger partial charge is 0.372 e. The summed E-state index contributed by atoms with van der Waals surface area (Å²) in [6, 6.07) is 11.0. The number of nitrogens with two attached hydrogens (primary N) is 1. The molecular weight excluding hydrogens is 253 g/mol. The van der Waals surface area contributed by atoms with Gasteiger partial charge in [-0.15, -0.1) is 0 Å². The van der Waals surface area contributed by atoms with E-state index in [2.05, 4.69) is 12.1 Å². The first-order valence-electron chi connectivity index (χ1n) is 6.83. The van der Waals surface area contributed by atoms with E-state index < -0.39 is 0 Å². The molecule has 20 heavy (non-hydrogen) atoms.